The number of halogens is 3. The molecule has 1 saturated heterocycles. The maximum absolute atomic E-state index is 12.1. The molecule has 116 valence electrons. The third kappa shape index (κ3) is 4.89. The van der Waals surface area contributed by atoms with Crippen LogP contribution in [0.3, 0.4) is 0 Å². The molecule has 6 heteroatoms. The molecule has 0 saturated carbocycles. The van der Waals surface area contributed by atoms with E-state index in [1.165, 1.54) is 0 Å². The van der Waals surface area contributed by atoms with Crippen molar-refractivity contribution in [2.24, 2.45) is 11.7 Å². The number of amides is 1. The Morgan fingerprint density at radius 1 is 1.33 bits per heavy atom. The first-order valence-corrected chi connectivity index (χ1v) is 7.48. The molecular weight excluding hydrogens is 331 g/mol. The fourth-order valence-corrected chi connectivity index (χ4v) is 2.68. The predicted molar refractivity (Wildman–Crippen MR) is 91.1 cm³/mol. The van der Waals surface area contributed by atoms with Crippen molar-refractivity contribution in [3.05, 3.63) is 39.9 Å². The molecule has 2 N–H and O–H groups in total. The van der Waals surface area contributed by atoms with Crippen molar-refractivity contribution in [1.29, 1.82) is 0 Å². The molecule has 0 unspecified atom stereocenters. The smallest absolute Gasteiger partial charge is 0.246 e. The number of hydrogen-bond acceptors (Lipinski definition) is 2. The molecule has 1 aliphatic rings. The minimum Gasteiger partial charge on any atom is -0.339 e. The van der Waals surface area contributed by atoms with Gasteiger partial charge in [-0.2, -0.15) is 0 Å². The minimum atomic E-state index is 0. The lowest BCUT2D eigenvalue weighted by Crippen LogP contribution is -2.39. The van der Waals surface area contributed by atoms with Gasteiger partial charge in [-0.3, -0.25) is 4.79 Å². The zero-order chi connectivity index (χ0) is 14.5. The zero-order valence-corrected chi connectivity index (χ0v) is 13.9. The Morgan fingerprint density at radius 3 is 2.62 bits per heavy atom. The van der Waals surface area contributed by atoms with Gasteiger partial charge in [-0.15, -0.1) is 12.4 Å². The lowest BCUT2D eigenvalue weighted by Gasteiger charge is -2.30. The van der Waals surface area contributed by atoms with Crippen LogP contribution in [0.4, 0.5) is 0 Å². The van der Waals surface area contributed by atoms with E-state index in [9.17, 15) is 4.79 Å². The molecule has 0 bridgehead atoms. The van der Waals surface area contributed by atoms with Crippen LogP contribution in [0.1, 0.15) is 18.4 Å². The summed E-state index contributed by atoms with van der Waals surface area (Å²) in [6.07, 6.45) is 5.23. The number of likely N-dealkylation sites (tertiary alicyclic amines) is 1. The van der Waals surface area contributed by atoms with Gasteiger partial charge in [0.05, 0.1) is 10.0 Å². The van der Waals surface area contributed by atoms with E-state index in [1.807, 2.05) is 17.0 Å². The van der Waals surface area contributed by atoms with Crippen molar-refractivity contribution in [3.8, 4) is 0 Å². The van der Waals surface area contributed by atoms with E-state index in [4.69, 9.17) is 28.9 Å². The van der Waals surface area contributed by atoms with Crippen molar-refractivity contribution in [2.45, 2.75) is 12.8 Å². The minimum absolute atomic E-state index is 0. The molecule has 0 aliphatic carbocycles. The van der Waals surface area contributed by atoms with Crippen molar-refractivity contribution in [2.75, 3.05) is 19.6 Å². The van der Waals surface area contributed by atoms with Gasteiger partial charge in [0.25, 0.3) is 0 Å². The van der Waals surface area contributed by atoms with Gasteiger partial charge in [0.2, 0.25) is 5.91 Å². The highest BCUT2D eigenvalue weighted by molar-refractivity contribution is 6.42. The monoisotopic (exact) mass is 348 g/mol. The molecule has 0 spiro atoms. The van der Waals surface area contributed by atoms with Gasteiger partial charge >= 0.3 is 0 Å². The first-order valence-electron chi connectivity index (χ1n) is 6.73. The molecule has 3 nitrogen and oxygen atoms in total. The third-order valence-electron chi connectivity index (χ3n) is 3.65. The van der Waals surface area contributed by atoms with E-state index in [1.54, 1.807) is 18.2 Å². The van der Waals surface area contributed by atoms with E-state index in [2.05, 4.69) is 0 Å². The predicted octanol–water partition coefficient (Wildman–Crippen LogP) is 3.63. The van der Waals surface area contributed by atoms with Crippen LogP contribution < -0.4 is 5.73 Å². The second-order valence-electron chi connectivity index (χ2n) is 4.98. The van der Waals surface area contributed by atoms with Crippen LogP contribution in [0.2, 0.25) is 10.0 Å². The summed E-state index contributed by atoms with van der Waals surface area (Å²) in [4.78, 5) is 13.9. The van der Waals surface area contributed by atoms with Crippen molar-refractivity contribution in [3.63, 3.8) is 0 Å². The molecule has 1 aromatic carbocycles. The van der Waals surface area contributed by atoms with Crippen LogP contribution in [-0.4, -0.2) is 30.4 Å². The number of hydrogen-bond donors (Lipinski definition) is 1. The molecule has 1 heterocycles. The number of carbonyl (C=O) groups excluding carboxylic acids is 1. The first-order chi connectivity index (χ1) is 9.61. The highest BCUT2D eigenvalue weighted by Gasteiger charge is 2.20. The summed E-state index contributed by atoms with van der Waals surface area (Å²) < 4.78 is 0. The standard InChI is InChI=1S/C15H18Cl2N2O.ClH/c16-13-3-1-2-12(15(13)17)4-5-14(20)19-8-6-11(10-18)7-9-19;/h1-5,11H,6-10,18H2;1H/b5-4+;. The van der Waals surface area contributed by atoms with Gasteiger partial charge in [-0.05, 0) is 43.0 Å². The summed E-state index contributed by atoms with van der Waals surface area (Å²) in [7, 11) is 0. The molecule has 0 aromatic heterocycles. The number of rotatable bonds is 3. The summed E-state index contributed by atoms with van der Waals surface area (Å²) in [5.41, 5.74) is 6.40. The van der Waals surface area contributed by atoms with E-state index in [0.717, 1.165) is 31.5 Å². The number of piperidine rings is 1. The number of nitrogens with zero attached hydrogens (tertiary/aromatic N) is 1. The van der Waals surface area contributed by atoms with Crippen molar-refractivity contribution < 1.29 is 4.79 Å². The molecule has 1 aliphatic heterocycles. The van der Waals surface area contributed by atoms with Crippen LogP contribution in [0, 0.1) is 5.92 Å². The quantitative estimate of drug-likeness (QED) is 0.847. The molecule has 2 rings (SSSR count). The second-order valence-corrected chi connectivity index (χ2v) is 5.77. The molecule has 1 fully saturated rings. The van der Waals surface area contributed by atoms with Gasteiger partial charge in [0.15, 0.2) is 0 Å². The summed E-state index contributed by atoms with van der Waals surface area (Å²) in [5, 5.41) is 0.963. The van der Waals surface area contributed by atoms with Gasteiger partial charge < -0.3 is 10.6 Å². The molecule has 0 radical (unpaired) electrons. The van der Waals surface area contributed by atoms with Gasteiger partial charge in [0.1, 0.15) is 0 Å². The molecule has 1 amide bonds. The topological polar surface area (TPSA) is 46.3 Å². The van der Waals surface area contributed by atoms with E-state index in [-0.39, 0.29) is 18.3 Å². The van der Waals surface area contributed by atoms with Crippen LogP contribution in [-0.2, 0) is 4.79 Å². The summed E-state index contributed by atoms with van der Waals surface area (Å²) in [6.45, 7) is 2.25. The van der Waals surface area contributed by atoms with Crippen molar-refractivity contribution >= 4 is 47.6 Å². The highest BCUT2D eigenvalue weighted by Crippen LogP contribution is 2.26. The van der Waals surface area contributed by atoms with Crippen LogP contribution in [0.25, 0.3) is 6.08 Å². The van der Waals surface area contributed by atoms with Crippen LogP contribution in [0.15, 0.2) is 24.3 Å². The maximum atomic E-state index is 12.1. The van der Waals surface area contributed by atoms with E-state index < -0.39 is 0 Å². The average molecular weight is 350 g/mol. The molecule has 21 heavy (non-hydrogen) atoms. The third-order valence-corrected chi connectivity index (χ3v) is 4.48. The second kappa shape index (κ2) is 8.64. The number of nitrogens with two attached hydrogens (primary N) is 1. The lowest BCUT2D eigenvalue weighted by molar-refractivity contribution is -0.127. The fourth-order valence-electron chi connectivity index (χ4n) is 2.30. The Bertz CT molecular complexity index is 512. The van der Waals surface area contributed by atoms with Crippen molar-refractivity contribution in [1.82, 2.24) is 4.90 Å². The van der Waals surface area contributed by atoms with Gasteiger partial charge in [0, 0.05) is 19.2 Å². The lowest BCUT2D eigenvalue weighted by atomic mass is 9.97. The van der Waals surface area contributed by atoms with Gasteiger partial charge in [-0.1, -0.05) is 35.3 Å². The van der Waals surface area contributed by atoms with E-state index >= 15 is 0 Å². The Kier molecular flexibility index (Phi) is 7.53. The Morgan fingerprint density at radius 2 is 2.00 bits per heavy atom. The maximum Gasteiger partial charge on any atom is 0.246 e. The first kappa shape index (κ1) is 18.3. The van der Waals surface area contributed by atoms with Crippen LogP contribution >= 0.6 is 35.6 Å². The van der Waals surface area contributed by atoms with Crippen LogP contribution in [0.5, 0.6) is 0 Å². The summed E-state index contributed by atoms with van der Waals surface area (Å²) >= 11 is 12.0. The normalized spacial score (nSPS) is 16.0. The number of carbonyl (C=O) groups is 1. The average Bonchev–Trinajstić information content (AvgIpc) is 2.48. The Balaban J connectivity index is 0.00000220. The molecule has 1 aromatic rings. The summed E-state index contributed by atoms with van der Waals surface area (Å²) in [5.74, 6) is 0.557. The summed E-state index contributed by atoms with van der Waals surface area (Å²) in [6, 6.07) is 5.37. The molecular formula is C15H19Cl3N2O. The largest absolute Gasteiger partial charge is 0.339 e. The zero-order valence-electron chi connectivity index (χ0n) is 11.6. The van der Waals surface area contributed by atoms with Gasteiger partial charge in [-0.25, -0.2) is 0 Å². The Labute approximate surface area is 141 Å². The fraction of sp³-hybridized carbons (Fsp3) is 0.400. The Hall–Kier alpha value is -0.740. The number of benzene rings is 1. The van der Waals surface area contributed by atoms with E-state index in [0.29, 0.717) is 22.5 Å². The molecule has 0 atom stereocenters. The SMILES string of the molecule is Cl.NCC1CCN(C(=O)/C=C/c2cccc(Cl)c2Cl)CC1. The highest BCUT2D eigenvalue weighted by atomic mass is 35.5.